The molecule has 1 unspecified atom stereocenters. The molecule has 7 nitrogen and oxygen atoms in total. The molecule has 8 heteroatoms. The Labute approximate surface area is 196 Å². The van der Waals surface area contributed by atoms with Gasteiger partial charge in [-0.3, -0.25) is 14.4 Å². The number of pyridine rings is 1. The van der Waals surface area contributed by atoms with Gasteiger partial charge in [0.25, 0.3) is 11.8 Å². The zero-order valence-corrected chi connectivity index (χ0v) is 19.0. The molecule has 0 saturated carbocycles. The number of carbonyl (C=O) groups is 3. The number of nitrogens with zero attached hydrogens (tertiary/aromatic N) is 2. The van der Waals surface area contributed by atoms with Crippen molar-refractivity contribution in [2.75, 3.05) is 10.6 Å². The second-order valence-corrected chi connectivity index (χ2v) is 8.28. The number of amides is 3. The second kappa shape index (κ2) is 9.42. The molecule has 4 rings (SSSR count). The van der Waals surface area contributed by atoms with Crippen LogP contribution in [0.25, 0.3) is 0 Å². The Morgan fingerprint density at radius 3 is 2.48 bits per heavy atom. The third-order valence-electron chi connectivity index (χ3n) is 5.62. The van der Waals surface area contributed by atoms with Crippen LogP contribution in [0.3, 0.4) is 0 Å². The first kappa shape index (κ1) is 22.5. The third-order valence-corrected chi connectivity index (χ3v) is 5.86. The summed E-state index contributed by atoms with van der Waals surface area (Å²) in [5.74, 6) is -0.351. The molecule has 33 heavy (non-hydrogen) atoms. The van der Waals surface area contributed by atoms with Crippen LogP contribution in [0.5, 0.6) is 0 Å². The molecule has 1 aliphatic rings. The molecule has 0 saturated heterocycles. The highest BCUT2D eigenvalue weighted by Crippen LogP contribution is 2.27. The van der Waals surface area contributed by atoms with Crippen molar-refractivity contribution in [1.82, 2.24) is 9.88 Å². The van der Waals surface area contributed by atoms with E-state index in [4.69, 9.17) is 11.6 Å². The van der Waals surface area contributed by atoms with Gasteiger partial charge >= 0.3 is 0 Å². The highest BCUT2D eigenvalue weighted by atomic mass is 35.5. The summed E-state index contributed by atoms with van der Waals surface area (Å²) >= 11 is 6.02. The first-order valence-corrected chi connectivity index (χ1v) is 11.0. The van der Waals surface area contributed by atoms with Gasteiger partial charge < -0.3 is 15.5 Å². The molecule has 2 aromatic carbocycles. The van der Waals surface area contributed by atoms with E-state index in [0.717, 1.165) is 17.5 Å². The summed E-state index contributed by atoms with van der Waals surface area (Å²) in [6.07, 6.45) is 2.61. The van der Waals surface area contributed by atoms with Crippen LogP contribution in [-0.2, 0) is 17.8 Å². The number of halogens is 1. The first-order valence-electron chi connectivity index (χ1n) is 10.6. The number of fused-ring (bicyclic) bond motifs is 1. The minimum atomic E-state index is -0.677. The van der Waals surface area contributed by atoms with E-state index < -0.39 is 6.04 Å². The molecule has 1 aliphatic heterocycles. The fourth-order valence-electron chi connectivity index (χ4n) is 3.58. The van der Waals surface area contributed by atoms with Gasteiger partial charge in [0, 0.05) is 23.3 Å². The lowest BCUT2D eigenvalue weighted by atomic mass is 10.1. The Hall–Kier alpha value is -3.71. The number of hydrogen-bond acceptors (Lipinski definition) is 4. The third kappa shape index (κ3) is 4.88. The maximum Gasteiger partial charge on any atom is 0.256 e. The fraction of sp³-hybridized carbons (Fsp3) is 0.200. The minimum Gasteiger partial charge on any atom is -0.324 e. The van der Waals surface area contributed by atoms with Gasteiger partial charge in [-0.05, 0) is 60.9 Å². The van der Waals surface area contributed by atoms with Gasteiger partial charge in [0.2, 0.25) is 5.91 Å². The summed E-state index contributed by atoms with van der Waals surface area (Å²) in [7, 11) is 0. The van der Waals surface area contributed by atoms with Crippen molar-refractivity contribution in [1.29, 1.82) is 0 Å². The van der Waals surface area contributed by atoms with Crippen LogP contribution in [0.2, 0.25) is 5.02 Å². The van der Waals surface area contributed by atoms with Gasteiger partial charge in [0.1, 0.15) is 11.9 Å². The van der Waals surface area contributed by atoms with Crippen LogP contribution in [0.4, 0.5) is 11.5 Å². The van der Waals surface area contributed by atoms with Crippen molar-refractivity contribution >= 4 is 40.8 Å². The van der Waals surface area contributed by atoms with Crippen LogP contribution in [0, 0.1) is 0 Å². The monoisotopic (exact) mass is 462 g/mol. The van der Waals surface area contributed by atoms with E-state index in [9.17, 15) is 14.4 Å². The van der Waals surface area contributed by atoms with Gasteiger partial charge in [-0.25, -0.2) is 4.98 Å². The summed E-state index contributed by atoms with van der Waals surface area (Å²) in [4.78, 5) is 44.0. The maximum absolute atomic E-state index is 13.2. The highest BCUT2D eigenvalue weighted by molar-refractivity contribution is 6.31. The maximum atomic E-state index is 13.2. The van der Waals surface area contributed by atoms with Gasteiger partial charge in [-0.2, -0.15) is 0 Å². The molecule has 0 aliphatic carbocycles. The standard InChI is InChI=1S/C25H23ClN4O3/c1-3-16-6-11-22(27-13-16)29-24(32)18-7-4-17(5-8-18)14-30-15(2)23(31)28-21-12-19(26)9-10-20(21)25(30)33/h4-13,15H,3,14H2,1-2H3,(H,28,31)(H,27,29,32). The SMILES string of the molecule is CCc1ccc(NC(=O)c2ccc(CN3C(=O)c4ccc(Cl)cc4NC(=O)C3C)cc2)nc1. The zero-order chi connectivity index (χ0) is 23.5. The molecule has 168 valence electrons. The molecular weight excluding hydrogens is 440 g/mol. The lowest BCUT2D eigenvalue weighted by molar-refractivity contribution is -0.120. The highest BCUT2D eigenvalue weighted by Gasteiger charge is 2.32. The molecule has 1 atom stereocenters. The molecule has 2 heterocycles. The first-order chi connectivity index (χ1) is 15.9. The number of carbonyl (C=O) groups excluding carboxylic acids is 3. The summed E-state index contributed by atoms with van der Waals surface area (Å²) in [5, 5.41) is 5.98. The molecule has 0 fully saturated rings. The predicted molar refractivity (Wildman–Crippen MR) is 127 cm³/mol. The average Bonchev–Trinajstić information content (AvgIpc) is 2.90. The molecule has 0 radical (unpaired) electrons. The number of aromatic nitrogens is 1. The number of benzene rings is 2. The predicted octanol–water partition coefficient (Wildman–Crippen LogP) is 4.53. The summed E-state index contributed by atoms with van der Waals surface area (Å²) in [6.45, 7) is 3.94. The number of hydrogen-bond donors (Lipinski definition) is 2. The van der Waals surface area contributed by atoms with Gasteiger partial charge in [-0.15, -0.1) is 0 Å². The summed E-state index contributed by atoms with van der Waals surface area (Å²) in [5.41, 5.74) is 3.14. The Morgan fingerprint density at radius 1 is 1.09 bits per heavy atom. The van der Waals surface area contributed by atoms with E-state index in [2.05, 4.69) is 15.6 Å². The Morgan fingerprint density at radius 2 is 1.82 bits per heavy atom. The minimum absolute atomic E-state index is 0.220. The molecule has 2 N–H and O–H groups in total. The normalized spacial score (nSPS) is 15.5. The van der Waals surface area contributed by atoms with Crippen LogP contribution < -0.4 is 10.6 Å². The number of nitrogens with one attached hydrogen (secondary N) is 2. The van der Waals surface area contributed by atoms with Crippen molar-refractivity contribution in [2.24, 2.45) is 0 Å². The van der Waals surface area contributed by atoms with Crippen molar-refractivity contribution in [2.45, 2.75) is 32.9 Å². The van der Waals surface area contributed by atoms with E-state index in [1.165, 1.54) is 4.90 Å². The summed E-state index contributed by atoms with van der Waals surface area (Å²) < 4.78 is 0. The van der Waals surface area contributed by atoms with Crippen molar-refractivity contribution in [3.05, 3.63) is 88.1 Å². The van der Waals surface area contributed by atoms with Gasteiger partial charge in [0.05, 0.1) is 11.3 Å². The van der Waals surface area contributed by atoms with Gasteiger partial charge in [-0.1, -0.05) is 36.7 Å². The lowest BCUT2D eigenvalue weighted by Crippen LogP contribution is -2.42. The molecular formula is C25H23ClN4O3. The Kier molecular flexibility index (Phi) is 6.42. The van der Waals surface area contributed by atoms with Crippen molar-refractivity contribution in [3.63, 3.8) is 0 Å². The smallest absolute Gasteiger partial charge is 0.256 e. The van der Waals surface area contributed by atoms with E-state index in [0.29, 0.717) is 27.7 Å². The zero-order valence-electron chi connectivity index (χ0n) is 18.3. The topological polar surface area (TPSA) is 91.4 Å². The Balaban J connectivity index is 1.49. The lowest BCUT2D eigenvalue weighted by Gasteiger charge is -2.26. The van der Waals surface area contributed by atoms with Crippen LogP contribution in [-0.4, -0.2) is 33.6 Å². The molecule has 3 aromatic rings. The Bertz CT molecular complexity index is 1210. The van der Waals surface area contributed by atoms with E-state index in [-0.39, 0.29) is 24.3 Å². The number of rotatable bonds is 5. The van der Waals surface area contributed by atoms with Crippen LogP contribution in [0.1, 0.15) is 45.7 Å². The molecule has 0 bridgehead atoms. The summed E-state index contributed by atoms with van der Waals surface area (Å²) in [6, 6.07) is 14.7. The molecule has 0 spiro atoms. The van der Waals surface area contributed by atoms with E-state index >= 15 is 0 Å². The van der Waals surface area contributed by atoms with Gasteiger partial charge in [0.15, 0.2) is 0 Å². The second-order valence-electron chi connectivity index (χ2n) is 7.84. The molecule has 1 aromatic heterocycles. The fourth-order valence-corrected chi connectivity index (χ4v) is 3.75. The number of anilines is 2. The van der Waals surface area contributed by atoms with Crippen molar-refractivity contribution in [3.8, 4) is 0 Å². The number of aryl methyl sites for hydroxylation is 1. The van der Waals surface area contributed by atoms with Crippen LogP contribution >= 0.6 is 11.6 Å². The quantitative estimate of drug-likeness (QED) is 0.582. The van der Waals surface area contributed by atoms with E-state index in [1.807, 2.05) is 13.0 Å². The molecule has 3 amide bonds. The average molecular weight is 463 g/mol. The van der Waals surface area contributed by atoms with Crippen molar-refractivity contribution < 1.29 is 14.4 Å². The van der Waals surface area contributed by atoms with E-state index in [1.54, 1.807) is 61.7 Å². The van der Waals surface area contributed by atoms with Crippen LogP contribution in [0.15, 0.2) is 60.8 Å². The largest absolute Gasteiger partial charge is 0.324 e.